The van der Waals surface area contributed by atoms with Gasteiger partial charge in [-0.05, 0) is 24.3 Å². The summed E-state index contributed by atoms with van der Waals surface area (Å²) in [6, 6.07) is 8.05. The summed E-state index contributed by atoms with van der Waals surface area (Å²) in [6.07, 6.45) is 5.83. The largest absolute Gasteiger partial charge is 0.497 e. The molecule has 0 radical (unpaired) electrons. The van der Waals surface area contributed by atoms with Crippen molar-refractivity contribution in [1.82, 2.24) is 15.3 Å². The molecule has 2 unspecified atom stereocenters. The van der Waals surface area contributed by atoms with E-state index in [1.807, 2.05) is 42.5 Å². The number of ether oxygens (including phenoxy) is 2. The van der Waals surface area contributed by atoms with E-state index >= 15 is 0 Å². The third kappa shape index (κ3) is 3.74. The molecular weight excluding hydrogens is 342 g/mol. The third-order valence-corrected chi connectivity index (χ3v) is 4.95. The highest BCUT2D eigenvalue weighted by atomic mass is 16.5. The number of hydrogen-bond donors (Lipinski definition) is 2. The molecule has 0 amide bonds. The number of anilines is 2. The van der Waals surface area contributed by atoms with Crippen molar-refractivity contribution in [2.24, 2.45) is 0 Å². The first-order chi connectivity index (χ1) is 13.3. The summed E-state index contributed by atoms with van der Waals surface area (Å²) in [5, 5.41) is 7.91. The Bertz CT molecular complexity index is 861. The van der Waals surface area contributed by atoms with Crippen molar-refractivity contribution in [3.8, 4) is 0 Å². The summed E-state index contributed by atoms with van der Waals surface area (Å²) in [7, 11) is 3.36. The zero-order valence-corrected chi connectivity index (χ0v) is 15.7. The molecule has 1 aliphatic carbocycles. The van der Waals surface area contributed by atoms with Gasteiger partial charge >= 0.3 is 0 Å². The minimum atomic E-state index is -0.138. The van der Waals surface area contributed by atoms with Gasteiger partial charge in [-0.15, -0.1) is 0 Å². The van der Waals surface area contributed by atoms with E-state index in [-0.39, 0.29) is 12.1 Å². The Morgan fingerprint density at radius 1 is 1.15 bits per heavy atom. The van der Waals surface area contributed by atoms with E-state index in [1.165, 1.54) is 0 Å². The summed E-state index contributed by atoms with van der Waals surface area (Å²) < 4.78 is 11.0. The number of para-hydroxylation sites is 1. The summed E-state index contributed by atoms with van der Waals surface area (Å²) >= 11 is 0. The SMILES string of the molecule is COC1=CC(OC)C(Nc2nc(N3CCNCC3)nc3ccccc23)C=C1. The van der Waals surface area contributed by atoms with Gasteiger partial charge in [0.2, 0.25) is 5.95 Å². The second-order valence-electron chi connectivity index (χ2n) is 6.63. The normalized spacial score (nSPS) is 22.6. The van der Waals surface area contributed by atoms with E-state index in [0.29, 0.717) is 0 Å². The molecule has 27 heavy (non-hydrogen) atoms. The maximum absolute atomic E-state index is 5.63. The molecule has 2 heterocycles. The van der Waals surface area contributed by atoms with Gasteiger partial charge in [-0.2, -0.15) is 4.98 Å². The van der Waals surface area contributed by atoms with Crippen LogP contribution in [0.3, 0.4) is 0 Å². The first kappa shape index (κ1) is 17.8. The van der Waals surface area contributed by atoms with Crippen LogP contribution in [-0.2, 0) is 9.47 Å². The fourth-order valence-corrected chi connectivity index (χ4v) is 3.45. The Balaban J connectivity index is 1.68. The van der Waals surface area contributed by atoms with Crippen LogP contribution < -0.4 is 15.5 Å². The summed E-state index contributed by atoms with van der Waals surface area (Å²) in [4.78, 5) is 11.9. The molecule has 7 nitrogen and oxygen atoms in total. The monoisotopic (exact) mass is 367 g/mol. The predicted octanol–water partition coefficient (Wildman–Crippen LogP) is 1.94. The Morgan fingerprint density at radius 2 is 1.96 bits per heavy atom. The molecule has 1 aromatic carbocycles. The predicted molar refractivity (Wildman–Crippen MR) is 107 cm³/mol. The number of aromatic nitrogens is 2. The highest BCUT2D eigenvalue weighted by Crippen LogP contribution is 2.26. The van der Waals surface area contributed by atoms with Crippen molar-refractivity contribution in [2.75, 3.05) is 50.6 Å². The minimum absolute atomic E-state index is 0.0388. The third-order valence-electron chi connectivity index (χ3n) is 4.95. The van der Waals surface area contributed by atoms with Gasteiger partial charge in [0.1, 0.15) is 17.7 Å². The number of benzene rings is 1. The minimum Gasteiger partial charge on any atom is -0.497 e. The molecule has 1 saturated heterocycles. The molecule has 0 saturated carbocycles. The van der Waals surface area contributed by atoms with E-state index < -0.39 is 0 Å². The second-order valence-corrected chi connectivity index (χ2v) is 6.63. The van der Waals surface area contributed by atoms with Gasteiger partial charge in [0.15, 0.2) is 0 Å². The van der Waals surface area contributed by atoms with Crippen molar-refractivity contribution < 1.29 is 9.47 Å². The van der Waals surface area contributed by atoms with Crippen molar-refractivity contribution in [3.63, 3.8) is 0 Å². The van der Waals surface area contributed by atoms with E-state index in [1.54, 1.807) is 14.2 Å². The first-order valence-corrected chi connectivity index (χ1v) is 9.24. The number of rotatable bonds is 5. The Hall–Kier alpha value is -2.64. The molecule has 2 aromatic rings. The summed E-state index contributed by atoms with van der Waals surface area (Å²) in [5.74, 6) is 2.38. The van der Waals surface area contributed by atoms with Crippen LogP contribution in [0.25, 0.3) is 10.9 Å². The lowest BCUT2D eigenvalue weighted by molar-refractivity contribution is 0.128. The van der Waals surface area contributed by atoms with Crippen LogP contribution in [0.4, 0.5) is 11.8 Å². The maximum atomic E-state index is 5.63. The van der Waals surface area contributed by atoms with E-state index in [4.69, 9.17) is 19.4 Å². The van der Waals surface area contributed by atoms with Gasteiger partial charge in [-0.3, -0.25) is 0 Å². The van der Waals surface area contributed by atoms with Crippen LogP contribution in [0.5, 0.6) is 0 Å². The Labute approximate surface area is 159 Å². The van der Waals surface area contributed by atoms with Gasteiger partial charge in [0.05, 0.1) is 18.7 Å². The fraction of sp³-hybridized carbons (Fsp3) is 0.400. The van der Waals surface area contributed by atoms with E-state index in [2.05, 4.69) is 15.5 Å². The quantitative estimate of drug-likeness (QED) is 0.837. The number of piperazine rings is 1. The number of nitrogens with zero attached hydrogens (tertiary/aromatic N) is 3. The molecule has 2 atom stereocenters. The molecule has 4 rings (SSSR count). The molecule has 0 spiro atoms. The topological polar surface area (TPSA) is 71.5 Å². The fourth-order valence-electron chi connectivity index (χ4n) is 3.45. The number of fused-ring (bicyclic) bond motifs is 1. The standard InChI is InChI=1S/C20H25N5O2/c1-26-14-7-8-17(18(13-14)27-2)22-19-15-5-3-4-6-16(15)23-20(24-19)25-11-9-21-10-12-25/h3-8,13,17-18,21H,9-12H2,1-2H3,(H,22,23,24). The number of nitrogens with one attached hydrogen (secondary N) is 2. The average molecular weight is 367 g/mol. The maximum Gasteiger partial charge on any atom is 0.227 e. The van der Waals surface area contributed by atoms with Crippen LogP contribution in [0.2, 0.25) is 0 Å². The second kappa shape index (κ2) is 7.94. The van der Waals surface area contributed by atoms with Gasteiger partial charge < -0.3 is 25.0 Å². The average Bonchev–Trinajstić information content (AvgIpc) is 2.74. The highest BCUT2D eigenvalue weighted by molar-refractivity contribution is 5.90. The molecular formula is C20H25N5O2. The number of methoxy groups -OCH3 is 2. The van der Waals surface area contributed by atoms with Crippen LogP contribution >= 0.6 is 0 Å². The lowest BCUT2D eigenvalue weighted by Crippen LogP contribution is -2.44. The molecule has 2 aliphatic rings. The van der Waals surface area contributed by atoms with Crippen LogP contribution in [0.15, 0.2) is 48.3 Å². The van der Waals surface area contributed by atoms with Crippen LogP contribution in [0.1, 0.15) is 0 Å². The number of allylic oxidation sites excluding steroid dienone is 1. The van der Waals surface area contributed by atoms with Crippen molar-refractivity contribution in [3.05, 3.63) is 48.3 Å². The molecule has 142 valence electrons. The van der Waals surface area contributed by atoms with Gasteiger partial charge in [0.25, 0.3) is 0 Å². The van der Waals surface area contributed by atoms with Crippen molar-refractivity contribution in [2.45, 2.75) is 12.1 Å². The van der Waals surface area contributed by atoms with Gasteiger partial charge in [-0.25, -0.2) is 4.98 Å². The van der Waals surface area contributed by atoms with Crippen LogP contribution in [0, 0.1) is 0 Å². The van der Waals surface area contributed by atoms with Crippen molar-refractivity contribution >= 4 is 22.7 Å². The smallest absolute Gasteiger partial charge is 0.227 e. The highest BCUT2D eigenvalue weighted by Gasteiger charge is 2.23. The summed E-state index contributed by atoms with van der Waals surface area (Å²) in [6.45, 7) is 3.70. The van der Waals surface area contributed by atoms with Crippen molar-refractivity contribution in [1.29, 1.82) is 0 Å². The molecule has 2 N–H and O–H groups in total. The molecule has 1 fully saturated rings. The molecule has 1 aromatic heterocycles. The number of hydrogen-bond acceptors (Lipinski definition) is 7. The Kier molecular flexibility index (Phi) is 5.22. The first-order valence-electron chi connectivity index (χ1n) is 9.24. The lowest BCUT2D eigenvalue weighted by atomic mass is 10.0. The lowest BCUT2D eigenvalue weighted by Gasteiger charge is -2.29. The molecule has 7 heteroatoms. The Morgan fingerprint density at radius 3 is 2.74 bits per heavy atom. The summed E-state index contributed by atoms with van der Waals surface area (Å²) in [5.41, 5.74) is 0.936. The molecule has 1 aliphatic heterocycles. The van der Waals surface area contributed by atoms with Gasteiger partial charge in [0, 0.05) is 38.7 Å². The zero-order valence-electron chi connectivity index (χ0n) is 15.7. The molecule has 0 bridgehead atoms. The zero-order chi connectivity index (χ0) is 18.6. The van der Waals surface area contributed by atoms with E-state index in [9.17, 15) is 0 Å². The van der Waals surface area contributed by atoms with Gasteiger partial charge in [-0.1, -0.05) is 18.2 Å². The van der Waals surface area contributed by atoms with Crippen LogP contribution in [-0.4, -0.2) is 62.5 Å². The van der Waals surface area contributed by atoms with E-state index in [0.717, 1.165) is 54.6 Å².